The first kappa shape index (κ1) is 19.6. The maximum atomic E-state index is 12.4. The van der Waals surface area contributed by atoms with Crippen LogP contribution in [0.2, 0.25) is 0 Å². The van der Waals surface area contributed by atoms with Crippen LogP contribution in [0.3, 0.4) is 0 Å². The van der Waals surface area contributed by atoms with Gasteiger partial charge >= 0.3 is 0 Å². The van der Waals surface area contributed by atoms with Crippen LogP contribution in [0.15, 0.2) is 60.1 Å². The molecular formula is C21H21N3O3S. The van der Waals surface area contributed by atoms with Crippen LogP contribution in [0.4, 0.5) is 5.69 Å². The van der Waals surface area contributed by atoms with E-state index >= 15 is 0 Å². The molecule has 1 aromatic carbocycles. The molecule has 2 amide bonds. The van der Waals surface area contributed by atoms with Gasteiger partial charge in [-0.05, 0) is 55.6 Å². The quantitative estimate of drug-likeness (QED) is 0.631. The molecule has 0 radical (unpaired) electrons. The molecule has 0 spiro atoms. The van der Waals surface area contributed by atoms with E-state index in [1.54, 1.807) is 42.6 Å². The van der Waals surface area contributed by atoms with Gasteiger partial charge in [0.15, 0.2) is 0 Å². The molecule has 2 N–H and O–H groups in total. The Morgan fingerprint density at radius 2 is 1.86 bits per heavy atom. The molecule has 0 aliphatic rings. The maximum absolute atomic E-state index is 12.4. The third-order valence-corrected chi connectivity index (χ3v) is 4.66. The van der Waals surface area contributed by atoms with Gasteiger partial charge in [0.05, 0.1) is 11.0 Å². The number of carbonyl (C=O) groups excluding carboxylic acids is 2. The molecule has 3 rings (SSSR count). The van der Waals surface area contributed by atoms with Crippen LogP contribution in [-0.2, 0) is 6.54 Å². The Hall–Kier alpha value is -3.19. The lowest BCUT2D eigenvalue weighted by Crippen LogP contribution is -2.23. The minimum atomic E-state index is -0.213. The zero-order valence-electron chi connectivity index (χ0n) is 15.6. The molecule has 0 aliphatic carbocycles. The number of hydrogen-bond acceptors (Lipinski definition) is 5. The molecular weight excluding hydrogens is 374 g/mol. The average Bonchev–Trinajstić information content (AvgIpc) is 3.22. The normalized spacial score (nSPS) is 10.5. The predicted octanol–water partition coefficient (Wildman–Crippen LogP) is 4.11. The molecule has 144 valence electrons. The van der Waals surface area contributed by atoms with Crippen LogP contribution in [0.25, 0.3) is 0 Å². The summed E-state index contributed by atoms with van der Waals surface area (Å²) in [5.41, 5.74) is 1.95. The molecule has 28 heavy (non-hydrogen) atoms. The van der Waals surface area contributed by atoms with Crippen molar-refractivity contribution in [2.75, 3.05) is 5.32 Å². The van der Waals surface area contributed by atoms with E-state index in [9.17, 15) is 9.59 Å². The number of benzene rings is 1. The van der Waals surface area contributed by atoms with Crippen LogP contribution in [0.5, 0.6) is 5.88 Å². The third kappa shape index (κ3) is 5.17. The monoisotopic (exact) mass is 395 g/mol. The summed E-state index contributed by atoms with van der Waals surface area (Å²) < 4.78 is 5.66. The van der Waals surface area contributed by atoms with E-state index in [4.69, 9.17) is 4.74 Å². The topological polar surface area (TPSA) is 80.3 Å². The van der Waals surface area contributed by atoms with Gasteiger partial charge in [-0.15, -0.1) is 11.3 Å². The summed E-state index contributed by atoms with van der Waals surface area (Å²) in [6.45, 7) is 4.16. The van der Waals surface area contributed by atoms with E-state index in [1.807, 2.05) is 31.4 Å². The lowest BCUT2D eigenvalue weighted by atomic mass is 10.2. The molecule has 3 aromatic rings. The van der Waals surface area contributed by atoms with E-state index in [0.717, 1.165) is 5.56 Å². The fourth-order valence-electron chi connectivity index (χ4n) is 2.47. The summed E-state index contributed by atoms with van der Waals surface area (Å²) in [6, 6.07) is 14.0. The minimum absolute atomic E-state index is 0.00119. The highest BCUT2D eigenvalue weighted by atomic mass is 32.1. The molecule has 0 saturated carbocycles. The first-order chi connectivity index (χ1) is 13.5. The van der Waals surface area contributed by atoms with Crippen LogP contribution in [0, 0.1) is 0 Å². The van der Waals surface area contributed by atoms with Gasteiger partial charge in [-0.25, -0.2) is 4.98 Å². The van der Waals surface area contributed by atoms with E-state index in [-0.39, 0.29) is 17.9 Å². The van der Waals surface area contributed by atoms with Crippen molar-refractivity contribution in [3.8, 4) is 5.88 Å². The highest BCUT2D eigenvalue weighted by Crippen LogP contribution is 2.17. The fourth-order valence-corrected chi connectivity index (χ4v) is 3.09. The summed E-state index contributed by atoms with van der Waals surface area (Å²) in [7, 11) is 0. The standard InChI is InChI=1S/C21H21N3O3S/c1-14(2)27-21-16(5-3-11-22-21)13-23-19(25)15-7-9-17(10-8-15)24-20(26)18-6-4-12-28-18/h3-12,14H,13H2,1-2H3,(H,23,25)(H,24,26). The summed E-state index contributed by atoms with van der Waals surface area (Å²) in [4.78, 5) is 29.3. The van der Waals surface area contributed by atoms with Crippen LogP contribution in [0.1, 0.15) is 39.4 Å². The summed E-state index contributed by atoms with van der Waals surface area (Å²) in [6.07, 6.45) is 1.66. The second kappa shape index (κ2) is 9.14. The lowest BCUT2D eigenvalue weighted by Gasteiger charge is -2.13. The molecule has 6 nitrogen and oxygen atoms in total. The lowest BCUT2D eigenvalue weighted by molar-refractivity contribution is 0.0950. The van der Waals surface area contributed by atoms with Gasteiger partial charge in [0.2, 0.25) is 5.88 Å². The molecule has 0 atom stereocenters. The highest BCUT2D eigenvalue weighted by Gasteiger charge is 2.11. The van der Waals surface area contributed by atoms with Crippen LogP contribution in [-0.4, -0.2) is 22.9 Å². The first-order valence-electron chi connectivity index (χ1n) is 8.86. The fraction of sp³-hybridized carbons (Fsp3) is 0.190. The van der Waals surface area contributed by atoms with E-state index in [1.165, 1.54) is 11.3 Å². The SMILES string of the molecule is CC(C)Oc1ncccc1CNC(=O)c1ccc(NC(=O)c2cccs2)cc1. The van der Waals surface area contributed by atoms with E-state index in [0.29, 0.717) is 28.6 Å². The molecule has 0 fully saturated rings. The zero-order valence-corrected chi connectivity index (χ0v) is 16.5. The number of pyridine rings is 1. The number of rotatable bonds is 7. The molecule has 7 heteroatoms. The van der Waals surface area contributed by atoms with E-state index in [2.05, 4.69) is 15.6 Å². The Bertz CT molecular complexity index is 938. The second-order valence-electron chi connectivity index (χ2n) is 6.33. The molecule has 0 aliphatic heterocycles. The maximum Gasteiger partial charge on any atom is 0.265 e. The average molecular weight is 395 g/mol. The van der Waals surface area contributed by atoms with Gasteiger partial charge in [-0.1, -0.05) is 12.1 Å². The minimum Gasteiger partial charge on any atom is -0.475 e. The summed E-state index contributed by atoms with van der Waals surface area (Å²) in [5.74, 6) is 0.140. The molecule has 2 aromatic heterocycles. The van der Waals surface area contributed by atoms with Gasteiger partial charge < -0.3 is 15.4 Å². The van der Waals surface area contributed by atoms with Gasteiger partial charge in [-0.2, -0.15) is 0 Å². The van der Waals surface area contributed by atoms with Crippen molar-refractivity contribution < 1.29 is 14.3 Å². The molecule has 0 saturated heterocycles. The predicted molar refractivity (Wildman–Crippen MR) is 110 cm³/mol. The molecule has 0 bridgehead atoms. The van der Waals surface area contributed by atoms with Crippen molar-refractivity contribution in [2.24, 2.45) is 0 Å². The molecule has 2 heterocycles. The number of aromatic nitrogens is 1. The Morgan fingerprint density at radius 3 is 2.54 bits per heavy atom. The van der Waals surface area contributed by atoms with Gasteiger partial charge in [0, 0.05) is 29.6 Å². The number of nitrogens with zero attached hydrogens (tertiary/aromatic N) is 1. The van der Waals surface area contributed by atoms with Gasteiger partial charge in [0.25, 0.3) is 11.8 Å². The summed E-state index contributed by atoms with van der Waals surface area (Å²) in [5, 5.41) is 7.53. The second-order valence-corrected chi connectivity index (χ2v) is 7.27. The Kier molecular flexibility index (Phi) is 6.39. The third-order valence-electron chi connectivity index (χ3n) is 3.79. The number of anilines is 1. The zero-order chi connectivity index (χ0) is 19.9. The van der Waals surface area contributed by atoms with Crippen molar-refractivity contribution in [1.29, 1.82) is 0 Å². The van der Waals surface area contributed by atoms with Crippen molar-refractivity contribution in [1.82, 2.24) is 10.3 Å². The summed E-state index contributed by atoms with van der Waals surface area (Å²) >= 11 is 1.38. The van der Waals surface area contributed by atoms with Crippen molar-refractivity contribution in [2.45, 2.75) is 26.5 Å². The Labute approximate surface area is 167 Å². The number of amides is 2. The van der Waals surface area contributed by atoms with Crippen LogP contribution >= 0.6 is 11.3 Å². The Morgan fingerprint density at radius 1 is 1.07 bits per heavy atom. The van der Waals surface area contributed by atoms with Crippen LogP contribution < -0.4 is 15.4 Å². The van der Waals surface area contributed by atoms with Crippen molar-refractivity contribution in [3.05, 3.63) is 76.1 Å². The Balaban J connectivity index is 1.59. The first-order valence-corrected chi connectivity index (χ1v) is 9.74. The number of thiophene rings is 1. The van der Waals surface area contributed by atoms with Crippen molar-refractivity contribution >= 4 is 28.8 Å². The molecule has 0 unspecified atom stereocenters. The van der Waals surface area contributed by atoms with Gasteiger partial charge in [-0.3, -0.25) is 9.59 Å². The number of hydrogen-bond donors (Lipinski definition) is 2. The van der Waals surface area contributed by atoms with Crippen molar-refractivity contribution in [3.63, 3.8) is 0 Å². The van der Waals surface area contributed by atoms with Gasteiger partial charge in [0.1, 0.15) is 0 Å². The number of carbonyl (C=O) groups is 2. The largest absolute Gasteiger partial charge is 0.475 e. The number of nitrogens with one attached hydrogen (secondary N) is 2. The van der Waals surface area contributed by atoms with E-state index < -0.39 is 0 Å². The highest BCUT2D eigenvalue weighted by molar-refractivity contribution is 7.12. The number of ether oxygens (including phenoxy) is 1. The smallest absolute Gasteiger partial charge is 0.265 e.